The van der Waals surface area contributed by atoms with E-state index in [4.69, 9.17) is 9.47 Å². The minimum absolute atomic E-state index is 0.185. The summed E-state index contributed by atoms with van der Waals surface area (Å²) in [6, 6.07) is 7.26. The molecule has 5 nitrogen and oxygen atoms in total. The summed E-state index contributed by atoms with van der Waals surface area (Å²) in [5.74, 6) is 0.723. The Hall–Kier alpha value is -2.06. The smallest absolute Gasteiger partial charge is 0.256 e. The van der Waals surface area contributed by atoms with Crippen LogP contribution in [-0.2, 0) is 9.53 Å². The van der Waals surface area contributed by atoms with E-state index in [1.165, 1.54) is 0 Å². The largest absolute Gasteiger partial charge is 0.492 e. The van der Waals surface area contributed by atoms with E-state index < -0.39 is 5.60 Å². The first-order valence-corrected chi connectivity index (χ1v) is 9.48. The number of carbonyl (C=O) groups excluding carboxylic acids is 1. The molecule has 1 aromatic rings. The zero-order chi connectivity index (χ0) is 19.6. The van der Waals surface area contributed by atoms with Crippen molar-refractivity contribution in [2.45, 2.75) is 65.9 Å². The number of nitrogens with one attached hydrogen (secondary N) is 1. The third-order valence-corrected chi connectivity index (χ3v) is 4.13. The molecule has 5 heteroatoms. The van der Waals surface area contributed by atoms with E-state index in [2.05, 4.69) is 18.3 Å². The number of rotatable bonds is 11. The number of benzene rings is 1. The van der Waals surface area contributed by atoms with Crippen LogP contribution >= 0.6 is 0 Å². The molecule has 1 N–H and O–H groups in total. The van der Waals surface area contributed by atoms with Crippen LogP contribution in [0.5, 0.6) is 5.75 Å². The molecule has 0 aliphatic heterocycles. The molecule has 0 saturated heterocycles. The van der Waals surface area contributed by atoms with Crippen molar-refractivity contribution >= 4 is 11.6 Å². The molecule has 0 unspecified atom stereocenters. The number of nitriles is 1. The number of amides is 1. The zero-order valence-electron chi connectivity index (χ0n) is 16.7. The monoisotopic (exact) mass is 360 g/mol. The van der Waals surface area contributed by atoms with Gasteiger partial charge in [0.25, 0.3) is 5.91 Å². The first-order chi connectivity index (χ1) is 12.4. The normalized spacial score (nSPS) is 13.1. The van der Waals surface area contributed by atoms with Crippen molar-refractivity contribution in [2.75, 3.05) is 18.5 Å². The molecule has 0 aliphatic rings. The van der Waals surface area contributed by atoms with Crippen molar-refractivity contribution in [1.82, 2.24) is 0 Å². The molecule has 1 atom stereocenters. The lowest BCUT2D eigenvalue weighted by Crippen LogP contribution is -2.42. The minimum Gasteiger partial charge on any atom is -0.492 e. The number of hydrogen-bond acceptors (Lipinski definition) is 4. The third kappa shape index (κ3) is 6.68. The van der Waals surface area contributed by atoms with Crippen molar-refractivity contribution in [3.8, 4) is 11.8 Å². The number of nitrogens with zero attached hydrogens (tertiary/aromatic N) is 1. The summed E-state index contributed by atoms with van der Waals surface area (Å²) in [6.07, 6.45) is 3.76. The molecular formula is C21H32N2O3. The van der Waals surface area contributed by atoms with Crippen LogP contribution in [0.3, 0.4) is 0 Å². The van der Waals surface area contributed by atoms with Crippen molar-refractivity contribution in [1.29, 1.82) is 5.26 Å². The fourth-order valence-electron chi connectivity index (χ4n) is 2.62. The molecule has 0 bridgehead atoms. The van der Waals surface area contributed by atoms with Gasteiger partial charge in [-0.3, -0.25) is 4.79 Å². The SMILES string of the molecule is CCCCC[C@](C)(OCC)C(=O)Nc1ccc(OCC(C)C)c(C#N)c1. The Balaban J connectivity index is 2.87. The minimum atomic E-state index is -0.871. The number of anilines is 1. The van der Waals surface area contributed by atoms with Crippen LogP contribution in [0.1, 0.15) is 65.9 Å². The Morgan fingerprint density at radius 3 is 2.62 bits per heavy atom. The third-order valence-electron chi connectivity index (χ3n) is 4.13. The van der Waals surface area contributed by atoms with Crippen molar-refractivity contribution in [2.24, 2.45) is 5.92 Å². The fourth-order valence-corrected chi connectivity index (χ4v) is 2.62. The lowest BCUT2D eigenvalue weighted by molar-refractivity contribution is -0.139. The summed E-state index contributed by atoms with van der Waals surface area (Å²) >= 11 is 0. The van der Waals surface area contributed by atoms with Gasteiger partial charge in [-0.2, -0.15) is 5.26 Å². The quantitative estimate of drug-likeness (QED) is 0.569. The van der Waals surface area contributed by atoms with Gasteiger partial charge in [-0.15, -0.1) is 0 Å². The van der Waals surface area contributed by atoms with Gasteiger partial charge in [0.15, 0.2) is 0 Å². The summed E-state index contributed by atoms with van der Waals surface area (Å²) in [4.78, 5) is 12.8. The maximum atomic E-state index is 12.8. The summed E-state index contributed by atoms with van der Waals surface area (Å²) in [5.41, 5.74) is 0.112. The molecule has 144 valence electrons. The summed E-state index contributed by atoms with van der Waals surface area (Å²) < 4.78 is 11.4. The number of unbranched alkanes of at least 4 members (excludes halogenated alkanes) is 2. The van der Waals surface area contributed by atoms with E-state index in [-0.39, 0.29) is 5.91 Å². The van der Waals surface area contributed by atoms with Crippen LogP contribution in [0, 0.1) is 17.2 Å². The van der Waals surface area contributed by atoms with Gasteiger partial charge in [0.2, 0.25) is 0 Å². The number of hydrogen-bond donors (Lipinski definition) is 1. The van der Waals surface area contributed by atoms with E-state index in [0.717, 1.165) is 19.3 Å². The van der Waals surface area contributed by atoms with Crippen LogP contribution in [0.25, 0.3) is 0 Å². The number of carbonyl (C=O) groups is 1. The summed E-state index contributed by atoms with van der Waals surface area (Å²) in [6.45, 7) is 11.0. The Bertz CT molecular complexity index is 622. The highest BCUT2D eigenvalue weighted by Gasteiger charge is 2.33. The highest BCUT2D eigenvalue weighted by molar-refractivity contribution is 5.97. The van der Waals surface area contributed by atoms with Gasteiger partial charge >= 0.3 is 0 Å². The van der Waals surface area contributed by atoms with Crippen LogP contribution in [0.2, 0.25) is 0 Å². The lowest BCUT2D eigenvalue weighted by atomic mass is 9.96. The van der Waals surface area contributed by atoms with Crippen LogP contribution in [0.4, 0.5) is 5.69 Å². The molecule has 26 heavy (non-hydrogen) atoms. The van der Waals surface area contributed by atoms with Gasteiger partial charge in [0.1, 0.15) is 17.4 Å². The second-order valence-electron chi connectivity index (χ2n) is 7.10. The van der Waals surface area contributed by atoms with Gasteiger partial charge in [-0.05, 0) is 44.4 Å². The van der Waals surface area contributed by atoms with Crippen LogP contribution in [-0.4, -0.2) is 24.7 Å². The highest BCUT2D eigenvalue weighted by Crippen LogP contribution is 2.26. The van der Waals surface area contributed by atoms with Crippen molar-refractivity contribution in [3.05, 3.63) is 23.8 Å². The zero-order valence-corrected chi connectivity index (χ0v) is 16.7. The van der Waals surface area contributed by atoms with E-state index in [0.29, 0.717) is 42.6 Å². The topological polar surface area (TPSA) is 71.3 Å². The van der Waals surface area contributed by atoms with Gasteiger partial charge < -0.3 is 14.8 Å². The van der Waals surface area contributed by atoms with Gasteiger partial charge in [-0.25, -0.2) is 0 Å². The fraction of sp³-hybridized carbons (Fsp3) is 0.619. The molecular weight excluding hydrogens is 328 g/mol. The highest BCUT2D eigenvalue weighted by atomic mass is 16.5. The second kappa shape index (κ2) is 10.8. The van der Waals surface area contributed by atoms with Gasteiger partial charge in [0.05, 0.1) is 12.2 Å². The molecule has 0 aliphatic carbocycles. The standard InChI is InChI=1S/C21H32N2O3/c1-6-8-9-12-21(5,26-7-2)20(24)23-18-10-11-19(17(13-18)14-22)25-15-16(3)4/h10-11,13,16H,6-9,12,15H2,1-5H3,(H,23,24)/t21-/m0/s1. The van der Waals surface area contributed by atoms with Crippen LogP contribution < -0.4 is 10.1 Å². The van der Waals surface area contributed by atoms with Crippen molar-refractivity contribution < 1.29 is 14.3 Å². The van der Waals surface area contributed by atoms with Gasteiger partial charge in [-0.1, -0.05) is 40.0 Å². The predicted octanol–water partition coefficient (Wildman–Crippen LogP) is 4.91. The molecule has 0 saturated carbocycles. The molecule has 0 radical (unpaired) electrons. The second-order valence-corrected chi connectivity index (χ2v) is 7.10. The van der Waals surface area contributed by atoms with E-state index >= 15 is 0 Å². The van der Waals surface area contributed by atoms with Gasteiger partial charge in [0, 0.05) is 12.3 Å². The number of ether oxygens (including phenoxy) is 2. The average molecular weight is 360 g/mol. The molecule has 1 aromatic carbocycles. The first-order valence-electron chi connectivity index (χ1n) is 9.48. The molecule has 1 amide bonds. The average Bonchev–Trinajstić information content (AvgIpc) is 2.60. The maximum absolute atomic E-state index is 12.8. The Kier molecular flexibility index (Phi) is 9.15. The Labute approximate surface area is 157 Å². The van der Waals surface area contributed by atoms with Crippen molar-refractivity contribution in [3.63, 3.8) is 0 Å². The lowest BCUT2D eigenvalue weighted by Gasteiger charge is -2.28. The molecule has 0 spiro atoms. The Morgan fingerprint density at radius 2 is 2.04 bits per heavy atom. The summed E-state index contributed by atoms with van der Waals surface area (Å²) in [5, 5.41) is 12.3. The first kappa shape index (κ1) is 22.0. The molecule has 1 rings (SSSR count). The summed E-state index contributed by atoms with van der Waals surface area (Å²) in [7, 11) is 0. The Morgan fingerprint density at radius 1 is 1.31 bits per heavy atom. The molecule has 0 aromatic heterocycles. The van der Waals surface area contributed by atoms with E-state index in [1.807, 2.05) is 27.7 Å². The maximum Gasteiger partial charge on any atom is 0.256 e. The molecule has 0 fully saturated rings. The van der Waals surface area contributed by atoms with E-state index in [9.17, 15) is 10.1 Å². The van der Waals surface area contributed by atoms with Crippen LogP contribution in [0.15, 0.2) is 18.2 Å². The van der Waals surface area contributed by atoms with E-state index in [1.54, 1.807) is 18.2 Å². The predicted molar refractivity (Wildman–Crippen MR) is 104 cm³/mol. The molecule has 0 heterocycles.